The highest BCUT2D eigenvalue weighted by Crippen LogP contribution is 2.36. The molecular formula is C18H27NOSi. The molecule has 1 heterocycles. The van der Waals surface area contributed by atoms with E-state index in [1.165, 1.54) is 10.9 Å². The molecule has 3 heteroatoms. The fraction of sp³-hybridized carbons (Fsp3) is 0.500. The van der Waals surface area contributed by atoms with Crippen LogP contribution in [0.25, 0.3) is 10.9 Å². The Morgan fingerprint density at radius 2 is 1.90 bits per heavy atom. The van der Waals surface area contributed by atoms with Gasteiger partial charge in [0.05, 0.1) is 5.52 Å². The number of pyridine rings is 1. The van der Waals surface area contributed by atoms with Crippen molar-refractivity contribution in [1.82, 2.24) is 4.98 Å². The molecule has 0 amide bonds. The molecule has 0 saturated heterocycles. The fourth-order valence-corrected chi connectivity index (χ4v) is 3.19. The van der Waals surface area contributed by atoms with E-state index in [-0.39, 0.29) is 0 Å². The second-order valence-corrected chi connectivity index (χ2v) is 12.1. The Morgan fingerprint density at radius 1 is 1.14 bits per heavy atom. The normalized spacial score (nSPS) is 12.8. The first-order valence-electron chi connectivity index (χ1n) is 7.77. The Labute approximate surface area is 129 Å². The quantitative estimate of drug-likeness (QED) is 0.560. The zero-order valence-electron chi connectivity index (χ0n) is 13.9. The van der Waals surface area contributed by atoms with Crippen molar-refractivity contribution in [1.29, 1.82) is 0 Å². The van der Waals surface area contributed by atoms with Gasteiger partial charge < -0.3 is 4.43 Å². The minimum atomic E-state index is -1.60. The number of fused-ring (bicyclic) bond motifs is 1. The molecule has 1 aromatic carbocycles. The summed E-state index contributed by atoms with van der Waals surface area (Å²) in [6.07, 6.45) is 3.99. The van der Waals surface area contributed by atoms with Crippen molar-refractivity contribution in [2.75, 3.05) is 6.61 Å². The topological polar surface area (TPSA) is 22.1 Å². The molecule has 0 bridgehead atoms. The third-order valence-corrected chi connectivity index (χ3v) is 9.08. The number of nitrogens with zero attached hydrogens (tertiary/aromatic N) is 1. The highest BCUT2D eigenvalue weighted by atomic mass is 28.4. The van der Waals surface area contributed by atoms with Crippen LogP contribution >= 0.6 is 0 Å². The van der Waals surface area contributed by atoms with Gasteiger partial charge in [-0.15, -0.1) is 0 Å². The van der Waals surface area contributed by atoms with Gasteiger partial charge in [0, 0.05) is 18.2 Å². The largest absolute Gasteiger partial charge is 0.417 e. The number of aryl methyl sites for hydroxylation is 1. The van der Waals surface area contributed by atoms with Crippen molar-refractivity contribution in [3.05, 3.63) is 42.1 Å². The van der Waals surface area contributed by atoms with Crippen molar-refractivity contribution in [2.24, 2.45) is 0 Å². The average Bonchev–Trinajstić information content (AvgIpc) is 2.42. The van der Waals surface area contributed by atoms with Crippen LogP contribution in [0.1, 0.15) is 32.8 Å². The summed E-state index contributed by atoms with van der Waals surface area (Å²) >= 11 is 0. The van der Waals surface area contributed by atoms with Crippen molar-refractivity contribution in [3.8, 4) is 0 Å². The summed E-state index contributed by atoms with van der Waals surface area (Å²) in [5, 5.41) is 1.52. The van der Waals surface area contributed by atoms with Crippen LogP contribution in [0.5, 0.6) is 0 Å². The van der Waals surface area contributed by atoms with Crippen molar-refractivity contribution < 1.29 is 4.43 Å². The van der Waals surface area contributed by atoms with E-state index in [1.807, 2.05) is 12.3 Å². The summed E-state index contributed by atoms with van der Waals surface area (Å²) < 4.78 is 6.23. The van der Waals surface area contributed by atoms with E-state index in [2.05, 4.69) is 63.1 Å². The van der Waals surface area contributed by atoms with Gasteiger partial charge in [-0.3, -0.25) is 4.98 Å². The highest BCUT2D eigenvalue weighted by molar-refractivity contribution is 6.74. The molecule has 0 N–H and O–H groups in total. The molecule has 114 valence electrons. The average molecular weight is 302 g/mol. The molecule has 0 aliphatic rings. The molecule has 0 aliphatic carbocycles. The summed E-state index contributed by atoms with van der Waals surface area (Å²) in [7, 11) is -1.60. The van der Waals surface area contributed by atoms with Crippen LogP contribution in [-0.4, -0.2) is 19.9 Å². The number of aromatic nitrogens is 1. The second-order valence-electron chi connectivity index (χ2n) is 7.24. The molecule has 2 aromatic rings. The van der Waals surface area contributed by atoms with Crippen LogP contribution < -0.4 is 0 Å². The lowest BCUT2D eigenvalue weighted by Gasteiger charge is -2.36. The smallest absolute Gasteiger partial charge is 0.191 e. The Balaban J connectivity index is 1.88. The molecular weight excluding hydrogens is 274 g/mol. The molecule has 0 saturated carbocycles. The lowest BCUT2D eigenvalue weighted by atomic mass is 10.1. The lowest BCUT2D eigenvalue weighted by Crippen LogP contribution is -2.41. The first-order valence-corrected chi connectivity index (χ1v) is 10.7. The van der Waals surface area contributed by atoms with E-state index in [0.717, 1.165) is 25.0 Å². The van der Waals surface area contributed by atoms with Crippen LogP contribution in [0.2, 0.25) is 18.1 Å². The van der Waals surface area contributed by atoms with Gasteiger partial charge in [0.2, 0.25) is 0 Å². The Bertz CT molecular complexity index is 601. The second kappa shape index (κ2) is 6.28. The monoisotopic (exact) mass is 301 g/mol. The fourth-order valence-electron chi connectivity index (χ4n) is 2.10. The molecule has 2 nitrogen and oxygen atoms in total. The first kappa shape index (κ1) is 16.2. The van der Waals surface area contributed by atoms with E-state index in [9.17, 15) is 0 Å². The van der Waals surface area contributed by atoms with Crippen LogP contribution in [0.4, 0.5) is 0 Å². The molecule has 0 fully saturated rings. The van der Waals surface area contributed by atoms with E-state index in [4.69, 9.17) is 4.43 Å². The zero-order valence-corrected chi connectivity index (χ0v) is 14.9. The summed E-state index contributed by atoms with van der Waals surface area (Å²) in [5.41, 5.74) is 2.44. The number of hydrogen-bond acceptors (Lipinski definition) is 2. The maximum absolute atomic E-state index is 6.23. The van der Waals surface area contributed by atoms with Gasteiger partial charge in [0.25, 0.3) is 0 Å². The molecule has 0 spiro atoms. The van der Waals surface area contributed by atoms with E-state index < -0.39 is 8.32 Å². The van der Waals surface area contributed by atoms with Crippen molar-refractivity contribution in [3.63, 3.8) is 0 Å². The van der Waals surface area contributed by atoms with Crippen molar-refractivity contribution >= 4 is 19.2 Å². The molecule has 21 heavy (non-hydrogen) atoms. The molecule has 0 atom stereocenters. The molecule has 0 unspecified atom stereocenters. The van der Waals surface area contributed by atoms with E-state index >= 15 is 0 Å². The molecule has 1 aromatic heterocycles. The van der Waals surface area contributed by atoms with Gasteiger partial charge in [-0.2, -0.15) is 0 Å². The molecule has 0 aliphatic heterocycles. The third-order valence-electron chi connectivity index (χ3n) is 4.55. The van der Waals surface area contributed by atoms with Gasteiger partial charge in [-0.1, -0.05) is 32.9 Å². The standard InChI is InChI=1S/C18H27NOSi/c1-18(2,3)21(4,5)20-13-7-8-15-10-11-17-16(14-15)9-6-12-19-17/h6,9-12,14H,7-8,13H2,1-5H3. The zero-order chi connectivity index (χ0) is 15.5. The molecule has 2 rings (SSSR count). The Hall–Kier alpha value is -1.19. The van der Waals surface area contributed by atoms with Crippen LogP contribution in [0.15, 0.2) is 36.5 Å². The first-order chi connectivity index (χ1) is 9.79. The van der Waals surface area contributed by atoms with Gasteiger partial charge in [0.1, 0.15) is 0 Å². The predicted molar refractivity (Wildman–Crippen MR) is 93.2 cm³/mol. The minimum Gasteiger partial charge on any atom is -0.417 e. The summed E-state index contributed by atoms with van der Waals surface area (Å²) in [6.45, 7) is 12.4. The SMILES string of the molecule is CC(C)(C)[Si](C)(C)OCCCc1ccc2ncccc2c1. The minimum absolute atomic E-state index is 0.293. The van der Waals surface area contributed by atoms with Crippen LogP contribution in [0.3, 0.4) is 0 Å². The van der Waals surface area contributed by atoms with Crippen LogP contribution in [0, 0.1) is 0 Å². The predicted octanol–water partition coefficient (Wildman–Crippen LogP) is 5.19. The van der Waals surface area contributed by atoms with Crippen molar-refractivity contribution in [2.45, 2.75) is 51.7 Å². The number of benzene rings is 1. The maximum Gasteiger partial charge on any atom is 0.191 e. The number of rotatable bonds is 5. The molecule has 0 radical (unpaired) electrons. The van der Waals surface area contributed by atoms with Gasteiger partial charge >= 0.3 is 0 Å². The van der Waals surface area contributed by atoms with E-state index in [1.54, 1.807) is 0 Å². The van der Waals surface area contributed by atoms with Gasteiger partial charge in [-0.05, 0) is 54.7 Å². The summed E-state index contributed by atoms with van der Waals surface area (Å²) in [5.74, 6) is 0. The summed E-state index contributed by atoms with van der Waals surface area (Å²) in [6, 6.07) is 10.7. The van der Waals surface area contributed by atoms with Gasteiger partial charge in [0.15, 0.2) is 8.32 Å². The Kier molecular flexibility index (Phi) is 4.84. The lowest BCUT2D eigenvalue weighted by molar-refractivity contribution is 0.282. The maximum atomic E-state index is 6.23. The summed E-state index contributed by atoms with van der Waals surface area (Å²) in [4.78, 5) is 4.36. The van der Waals surface area contributed by atoms with Crippen LogP contribution in [-0.2, 0) is 10.8 Å². The number of hydrogen-bond donors (Lipinski definition) is 0. The highest BCUT2D eigenvalue weighted by Gasteiger charge is 2.36. The third kappa shape index (κ3) is 4.14. The van der Waals surface area contributed by atoms with Gasteiger partial charge in [-0.25, -0.2) is 0 Å². The van der Waals surface area contributed by atoms with E-state index in [0.29, 0.717) is 5.04 Å². The Morgan fingerprint density at radius 3 is 2.62 bits per heavy atom.